The number of nitriles is 1. The normalized spacial score (nSPS) is 14.5. The number of nitrogens with zero attached hydrogens (tertiary/aromatic N) is 4. The molecule has 2 N–H and O–H groups in total. The van der Waals surface area contributed by atoms with E-state index >= 15 is 0 Å². The lowest BCUT2D eigenvalue weighted by Crippen LogP contribution is -2.43. The van der Waals surface area contributed by atoms with Gasteiger partial charge in [-0.25, -0.2) is 13.9 Å². The van der Waals surface area contributed by atoms with E-state index in [0.717, 1.165) is 4.57 Å². The van der Waals surface area contributed by atoms with E-state index in [1.807, 2.05) is 6.07 Å². The quantitative estimate of drug-likeness (QED) is 0.349. The van der Waals surface area contributed by atoms with E-state index in [0.29, 0.717) is 16.9 Å². The maximum Gasteiger partial charge on any atom is 0.343 e. The maximum absolute atomic E-state index is 13.9. The van der Waals surface area contributed by atoms with Gasteiger partial charge < -0.3 is 10.5 Å². The van der Waals surface area contributed by atoms with Gasteiger partial charge >= 0.3 is 5.69 Å². The van der Waals surface area contributed by atoms with Crippen LogP contribution in [0, 0.1) is 21.4 Å². The Balaban J connectivity index is 1.90. The predicted octanol–water partition coefficient (Wildman–Crippen LogP) is 3.11. The molecule has 0 aliphatic carbocycles. The van der Waals surface area contributed by atoms with Crippen LogP contribution in [0.2, 0.25) is 0 Å². The summed E-state index contributed by atoms with van der Waals surface area (Å²) in [5.74, 6) is -1.42. The summed E-state index contributed by atoms with van der Waals surface area (Å²) in [7, 11) is 0. The maximum atomic E-state index is 13.9. The van der Waals surface area contributed by atoms with E-state index in [2.05, 4.69) is 0 Å². The Hall–Kier alpha value is -5.43. The first-order chi connectivity index (χ1) is 17.4. The van der Waals surface area contributed by atoms with E-state index in [9.17, 15) is 25.0 Å². The molecule has 0 amide bonds. The van der Waals surface area contributed by atoms with Crippen LogP contribution in [0.3, 0.4) is 0 Å². The highest BCUT2D eigenvalue weighted by Crippen LogP contribution is 2.40. The van der Waals surface area contributed by atoms with Gasteiger partial charge in [-0.05, 0) is 29.8 Å². The number of rotatable bonds is 4. The van der Waals surface area contributed by atoms with Crippen LogP contribution in [0.25, 0.3) is 11.4 Å². The molecule has 10 heteroatoms. The van der Waals surface area contributed by atoms with Gasteiger partial charge in [0, 0.05) is 12.1 Å². The fourth-order valence-electron chi connectivity index (χ4n) is 4.25. The molecule has 3 aromatic carbocycles. The number of fused-ring (bicyclic) bond motifs is 1. The molecule has 2 heterocycles. The minimum atomic E-state index is -1.03. The molecule has 10 nitrogen and oxygen atoms in total. The highest BCUT2D eigenvalue weighted by Gasteiger charge is 2.37. The van der Waals surface area contributed by atoms with Gasteiger partial charge in [0.2, 0.25) is 11.8 Å². The molecule has 0 fully saturated rings. The van der Waals surface area contributed by atoms with Gasteiger partial charge in [-0.15, -0.1) is 0 Å². The number of nitro benzene ring substituents is 1. The largest absolute Gasteiger partial charge is 0.423 e. The number of non-ortho nitro benzene ring substituents is 1. The third kappa shape index (κ3) is 3.52. The number of nitro groups is 1. The molecule has 1 aromatic heterocycles. The minimum absolute atomic E-state index is 0.00177. The van der Waals surface area contributed by atoms with Crippen molar-refractivity contribution in [3.63, 3.8) is 0 Å². The van der Waals surface area contributed by atoms with Crippen molar-refractivity contribution in [1.82, 2.24) is 9.13 Å². The summed E-state index contributed by atoms with van der Waals surface area (Å²) in [5, 5.41) is 21.1. The standard InChI is InChI=1S/C26H17N5O5/c27-15-20-21(16-11-13-19(14-12-16)31(34)35)22-24(32)29(17-7-3-1-4-8-17)26(33)30(25(22)36-23(20)28)18-9-5-2-6-10-18/h1-14,21H,28H2. The van der Waals surface area contributed by atoms with Gasteiger partial charge in [0.1, 0.15) is 11.6 Å². The molecule has 0 spiro atoms. The Kier molecular flexibility index (Phi) is 5.43. The molecule has 1 atom stereocenters. The van der Waals surface area contributed by atoms with Crippen LogP contribution in [0.4, 0.5) is 5.69 Å². The molecule has 0 saturated heterocycles. The van der Waals surface area contributed by atoms with Crippen LogP contribution in [0.1, 0.15) is 17.0 Å². The number of para-hydroxylation sites is 2. The number of ether oxygens (including phenoxy) is 1. The van der Waals surface area contributed by atoms with Crippen LogP contribution < -0.4 is 21.7 Å². The minimum Gasteiger partial charge on any atom is -0.423 e. The zero-order valence-corrected chi connectivity index (χ0v) is 18.6. The number of hydrogen-bond donors (Lipinski definition) is 1. The highest BCUT2D eigenvalue weighted by atomic mass is 16.6. The average Bonchev–Trinajstić information content (AvgIpc) is 2.89. The molecule has 0 saturated carbocycles. The van der Waals surface area contributed by atoms with Crippen molar-refractivity contribution in [3.05, 3.63) is 138 Å². The van der Waals surface area contributed by atoms with E-state index in [1.54, 1.807) is 60.7 Å². The summed E-state index contributed by atoms with van der Waals surface area (Å²) >= 11 is 0. The van der Waals surface area contributed by atoms with Gasteiger partial charge in [-0.1, -0.05) is 48.5 Å². The molecular weight excluding hydrogens is 462 g/mol. The Morgan fingerprint density at radius 1 is 0.889 bits per heavy atom. The number of nitrogens with two attached hydrogens (primary N) is 1. The molecule has 4 aromatic rings. The fraction of sp³-hybridized carbons (Fsp3) is 0.0385. The second-order valence-corrected chi connectivity index (χ2v) is 7.92. The molecule has 0 bridgehead atoms. The Morgan fingerprint density at radius 3 is 1.97 bits per heavy atom. The van der Waals surface area contributed by atoms with E-state index in [1.165, 1.54) is 28.8 Å². The van der Waals surface area contributed by atoms with E-state index < -0.39 is 22.1 Å². The van der Waals surface area contributed by atoms with E-state index in [-0.39, 0.29) is 28.6 Å². The third-order valence-electron chi connectivity index (χ3n) is 5.89. The molecule has 0 radical (unpaired) electrons. The topological polar surface area (TPSA) is 146 Å². The van der Waals surface area contributed by atoms with Crippen LogP contribution >= 0.6 is 0 Å². The molecule has 1 unspecified atom stereocenters. The van der Waals surface area contributed by atoms with Gasteiger partial charge in [-0.3, -0.25) is 14.9 Å². The Morgan fingerprint density at radius 2 is 1.44 bits per heavy atom. The lowest BCUT2D eigenvalue weighted by molar-refractivity contribution is -0.384. The fourth-order valence-corrected chi connectivity index (χ4v) is 4.25. The highest BCUT2D eigenvalue weighted by molar-refractivity contribution is 5.56. The van der Waals surface area contributed by atoms with Crippen LogP contribution in [-0.2, 0) is 0 Å². The van der Waals surface area contributed by atoms with Gasteiger partial charge in [0.15, 0.2) is 0 Å². The Labute approximate surface area is 203 Å². The van der Waals surface area contributed by atoms with Crippen molar-refractivity contribution in [3.8, 4) is 23.3 Å². The molecule has 176 valence electrons. The van der Waals surface area contributed by atoms with E-state index in [4.69, 9.17) is 10.5 Å². The molecule has 1 aliphatic rings. The van der Waals surface area contributed by atoms with Gasteiger partial charge in [0.25, 0.3) is 11.2 Å². The predicted molar refractivity (Wildman–Crippen MR) is 130 cm³/mol. The number of allylic oxidation sites excluding steroid dienone is 1. The number of aromatic nitrogens is 2. The SMILES string of the molecule is N#CC1=C(N)Oc2c(c(=O)n(-c3ccccc3)c(=O)n2-c2ccccc2)C1c1ccc([N+](=O)[O-])cc1. The molecular formula is C26H17N5O5. The van der Waals surface area contributed by atoms with Crippen molar-refractivity contribution in [2.45, 2.75) is 5.92 Å². The first-order valence-electron chi connectivity index (χ1n) is 10.8. The molecule has 36 heavy (non-hydrogen) atoms. The van der Waals surface area contributed by atoms with Crippen LogP contribution in [0.5, 0.6) is 5.88 Å². The summed E-state index contributed by atoms with van der Waals surface area (Å²) in [5.41, 5.74) is 5.66. The summed E-state index contributed by atoms with van der Waals surface area (Å²) in [4.78, 5) is 38.3. The molecule has 5 rings (SSSR count). The summed E-state index contributed by atoms with van der Waals surface area (Å²) in [6, 6.07) is 24.4. The average molecular weight is 479 g/mol. The second-order valence-electron chi connectivity index (χ2n) is 7.92. The second kappa shape index (κ2) is 8.73. The van der Waals surface area contributed by atoms with Crippen molar-refractivity contribution >= 4 is 5.69 Å². The summed E-state index contributed by atoms with van der Waals surface area (Å²) in [6.07, 6.45) is 0. The van der Waals surface area contributed by atoms with Crippen molar-refractivity contribution in [2.24, 2.45) is 5.73 Å². The third-order valence-corrected chi connectivity index (χ3v) is 5.89. The smallest absolute Gasteiger partial charge is 0.343 e. The van der Waals surface area contributed by atoms with Crippen molar-refractivity contribution in [2.75, 3.05) is 0 Å². The first kappa shape index (κ1) is 22.4. The lowest BCUT2D eigenvalue weighted by atomic mass is 9.85. The number of hydrogen-bond acceptors (Lipinski definition) is 7. The summed E-state index contributed by atoms with van der Waals surface area (Å²) in [6.45, 7) is 0. The zero-order valence-electron chi connectivity index (χ0n) is 18.6. The monoisotopic (exact) mass is 479 g/mol. The Bertz CT molecular complexity index is 1680. The van der Waals surface area contributed by atoms with Crippen molar-refractivity contribution in [1.29, 1.82) is 5.26 Å². The van der Waals surface area contributed by atoms with Crippen LogP contribution in [0.15, 0.2) is 106 Å². The number of benzene rings is 3. The zero-order chi connectivity index (χ0) is 25.4. The van der Waals surface area contributed by atoms with Crippen LogP contribution in [-0.4, -0.2) is 14.1 Å². The summed E-state index contributed by atoms with van der Waals surface area (Å²) < 4.78 is 7.99. The first-order valence-corrected chi connectivity index (χ1v) is 10.8. The van der Waals surface area contributed by atoms with Gasteiger partial charge in [0.05, 0.1) is 27.8 Å². The van der Waals surface area contributed by atoms with Crippen molar-refractivity contribution < 1.29 is 9.66 Å². The lowest BCUT2D eigenvalue weighted by Gasteiger charge is -2.28. The van der Waals surface area contributed by atoms with Gasteiger partial charge in [-0.2, -0.15) is 5.26 Å². The molecule has 1 aliphatic heterocycles.